The maximum atomic E-state index is 11.0. The molecular formula is C19H16ClN5O2. The van der Waals surface area contributed by atoms with Crippen LogP contribution < -0.4 is 10.2 Å². The molecule has 27 heavy (non-hydrogen) atoms. The highest BCUT2D eigenvalue weighted by Gasteiger charge is 2.28. The first-order chi connectivity index (χ1) is 13.0. The van der Waals surface area contributed by atoms with Crippen LogP contribution in [-0.4, -0.2) is 21.9 Å². The van der Waals surface area contributed by atoms with Crippen molar-refractivity contribution in [2.45, 2.75) is 13.0 Å². The van der Waals surface area contributed by atoms with Crippen molar-refractivity contribution in [3.8, 4) is 0 Å². The summed E-state index contributed by atoms with van der Waals surface area (Å²) >= 11 is 6.34. The van der Waals surface area contributed by atoms with E-state index in [9.17, 15) is 10.1 Å². The van der Waals surface area contributed by atoms with Crippen molar-refractivity contribution >= 4 is 34.5 Å². The van der Waals surface area contributed by atoms with Gasteiger partial charge in [0, 0.05) is 30.4 Å². The lowest BCUT2D eigenvalue weighted by Gasteiger charge is -2.22. The van der Waals surface area contributed by atoms with Crippen LogP contribution in [0.1, 0.15) is 22.7 Å². The summed E-state index contributed by atoms with van der Waals surface area (Å²) in [6.07, 6.45) is 1.43. The number of benzene rings is 2. The van der Waals surface area contributed by atoms with Crippen molar-refractivity contribution in [1.82, 2.24) is 9.97 Å². The maximum Gasteiger partial charge on any atom is 0.269 e. The predicted molar refractivity (Wildman–Crippen MR) is 105 cm³/mol. The molecule has 0 amide bonds. The summed E-state index contributed by atoms with van der Waals surface area (Å²) in [7, 11) is 1.93. The summed E-state index contributed by atoms with van der Waals surface area (Å²) in [6.45, 7) is 2.03. The lowest BCUT2D eigenvalue weighted by molar-refractivity contribution is -0.384. The summed E-state index contributed by atoms with van der Waals surface area (Å²) in [5, 5.41) is 14.7. The molecule has 7 nitrogen and oxygen atoms in total. The number of nitro benzene ring substituents is 1. The molecule has 1 N–H and O–H groups in total. The van der Waals surface area contributed by atoms with Crippen LogP contribution in [0.4, 0.5) is 22.9 Å². The topological polar surface area (TPSA) is 84.2 Å². The number of hydrogen-bond donors (Lipinski definition) is 1. The number of hydrogen-bond acceptors (Lipinski definition) is 6. The van der Waals surface area contributed by atoms with E-state index in [0.29, 0.717) is 16.7 Å². The summed E-state index contributed by atoms with van der Waals surface area (Å²) < 4.78 is 0. The van der Waals surface area contributed by atoms with Crippen LogP contribution in [0.15, 0.2) is 48.8 Å². The lowest BCUT2D eigenvalue weighted by atomic mass is 9.95. The lowest BCUT2D eigenvalue weighted by Crippen LogP contribution is -2.13. The van der Waals surface area contributed by atoms with Crippen molar-refractivity contribution in [3.05, 3.63) is 80.7 Å². The van der Waals surface area contributed by atoms with Crippen LogP contribution in [0.25, 0.3) is 0 Å². The van der Waals surface area contributed by atoms with E-state index in [1.165, 1.54) is 18.5 Å². The number of halogens is 1. The molecule has 136 valence electrons. The van der Waals surface area contributed by atoms with Gasteiger partial charge in [0.15, 0.2) is 11.0 Å². The van der Waals surface area contributed by atoms with Gasteiger partial charge in [-0.25, -0.2) is 9.97 Å². The Morgan fingerprint density at radius 3 is 2.63 bits per heavy atom. The highest BCUT2D eigenvalue weighted by Crippen LogP contribution is 2.44. The molecule has 0 fully saturated rings. The van der Waals surface area contributed by atoms with Crippen LogP contribution >= 0.6 is 11.6 Å². The molecule has 1 aliphatic rings. The standard InChI is InChI=1S/C19H16ClN5O2/c1-11-3-8-14-15(9-11)24(2)19-17(18(20)21-10-22-19)23-16(14)12-4-6-13(7-5-12)25(26)27/h3-10,16,23H,1-2H3. The normalized spacial score (nSPS) is 15.4. The van der Waals surface area contributed by atoms with Gasteiger partial charge in [-0.1, -0.05) is 23.7 Å². The number of aromatic nitrogens is 2. The first kappa shape index (κ1) is 17.2. The first-order valence-electron chi connectivity index (χ1n) is 8.31. The average molecular weight is 382 g/mol. The largest absolute Gasteiger partial charge is 0.369 e. The van der Waals surface area contributed by atoms with Gasteiger partial charge in [-0.15, -0.1) is 0 Å². The minimum Gasteiger partial charge on any atom is -0.369 e. The summed E-state index contributed by atoms with van der Waals surface area (Å²) in [5.74, 6) is 0.672. The predicted octanol–water partition coefficient (Wildman–Crippen LogP) is 4.63. The van der Waals surface area contributed by atoms with Crippen LogP contribution in [0.5, 0.6) is 0 Å². The van der Waals surface area contributed by atoms with Gasteiger partial charge in [0.2, 0.25) is 0 Å². The Labute approximate surface area is 160 Å². The van der Waals surface area contributed by atoms with E-state index in [2.05, 4.69) is 21.4 Å². The van der Waals surface area contributed by atoms with Gasteiger partial charge in [0.25, 0.3) is 5.69 Å². The zero-order valence-electron chi connectivity index (χ0n) is 14.7. The van der Waals surface area contributed by atoms with E-state index >= 15 is 0 Å². The number of fused-ring (bicyclic) bond motifs is 2. The zero-order chi connectivity index (χ0) is 19.1. The Hall–Kier alpha value is -3.19. The number of nitrogens with zero attached hydrogens (tertiary/aromatic N) is 4. The highest BCUT2D eigenvalue weighted by molar-refractivity contribution is 6.32. The number of aryl methyl sites for hydroxylation is 1. The van der Waals surface area contributed by atoms with E-state index in [1.807, 2.05) is 31.0 Å². The van der Waals surface area contributed by atoms with Gasteiger partial charge in [0.1, 0.15) is 12.0 Å². The molecule has 0 saturated heterocycles. The Balaban J connectivity index is 1.92. The number of nitrogens with one attached hydrogen (secondary N) is 1. The zero-order valence-corrected chi connectivity index (χ0v) is 15.4. The SMILES string of the molecule is Cc1ccc2c(c1)N(C)c1ncnc(Cl)c1NC2c1ccc([N+](=O)[O-])cc1. The van der Waals surface area contributed by atoms with Crippen molar-refractivity contribution in [2.75, 3.05) is 17.3 Å². The van der Waals surface area contributed by atoms with Gasteiger partial charge in [0.05, 0.1) is 11.0 Å². The van der Waals surface area contributed by atoms with E-state index in [0.717, 1.165) is 22.4 Å². The maximum absolute atomic E-state index is 11.0. The third-order valence-corrected chi connectivity index (χ3v) is 4.97. The molecule has 2 aromatic carbocycles. The van der Waals surface area contributed by atoms with Gasteiger partial charge in [-0.3, -0.25) is 10.1 Å². The fraction of sp³-hybridized carbons (Fsp3) is 0.158. The molecule has 0 saturated carbocycles. The van der Waals surface area contributed by atoms with Crippen molar-refractivity contribution in [2.24, 2.45) is 0 Å². The average Bonchev–Trinajstić information content (AvgIpc) is 2.78. The molecule has 8 heteroatoms. The van der Waals surface area contributed by atoms with Gasteiger partial charge in [-0.05, 0) is 36.2 Å². The molecule has 0 bridgehead atoms. The third-order valence-electron chi connectivity index (χ3n) is 4.68. The highest BCUT2D eigenvalue weighted by atomic mass is 35.5. The first-order valence-corrected chi connectivity index (χ1v) is 8.69. The van der Waals surface area contributed by atoms with Crippen LogP contribution in [0, 0.1) is 17.0 Å². The quantitative estimate of drug-likeness (QED) is 0.396. The van der Waals surface area contributed by atoms with E-state index < -0.39 is 4.92 Å². The Morgan fingerprint density at radius 2 is 1.93 bits per heavy atom. The molecule has 0 radical (unpaired) electrons. The van der Waals surface area contributed by atoms with Crippen molar-refractivity contribution < 1.29 is 4.92 Å². The second-order valence-corrected chi connectivity index (χ2v) is 6.77. The number of nitro groups is 1. The van der Waals surface area contributed by atoms with E-state index in [-0.39, 0.29) is 11.7 Å². The van der Waals surface area contributed by atoms with E-state index in [4.69, 9.17) is 11.6 Å². The minimum atomic E-state index is -0.407. The fourth-order valence-electron chi connectivity index (χ4n) is 3.31. The van der Waals surface area contributed by atoms with Gasteiger partial charge < -0.3 is 10.2 Å². The van der Waals surface area contributed by atoms with E-state index in [1.54, 1.807) is 12.1 Å². The summed E-state index contributed by atoms with van der Waals surface area (Å²) in [5.41, 5.74) is 4.68. The molecule has 3 aromatic rings. The van der Waals surface area contributed by atoms with Crippen LogP contribution in [0.3, 0.4) is 0 Å². The monoisotopic (exact) mass is 381 g/mol. The Bertz CT molecular complexity index is 1040. The molecule has 1 aliphatic heterocycles. The Morgan fingerprint density at radius 1 is 1.19 bits per heavy atom. The minimum absolute atomic E-state index is 0.0513. The number of rotatable bonds is 2. The summed E-state index contributed by atoms with van der Waals surface area (Å²) in [4.78, 5) is 21.0. The number of non-ortho nitro benzene ring substituents is 1. The second-order valence-electron chi connectivity index (χ2n) is 6.41. The van der Waals surface area contributed by atoms with Crippen molar-refractivity contribution in [3.63, 3.8) is 0 Å². The molecule has 4 rings (SSSR count). The smallest absolute Gasteiger partial charge is 0.269 e. The summed E-state index contributed by atoms with van der Waals surface area (Å²) in [6, 6.07) is 12.4. The Kier molecular flexibility index (Phi) is 4.16. The molecule has 1 unspecified atom stereocenters. The van der Waals surface area contributed by atoms with Crippen LogP contribution in [-0.2, 0) is 0 Å². The third kappa shape index (κ3) is 2.96. The molecule has 0 spiro atoms. The second kappa shape index (κ2) is 6.51. The van der Waals surface area contributed by atoms with Gasteiger partial charge >= 0.3 is 0 Å². The van der Waals surface area contributed by atoms with Crippen LogP contribution in [0.2, 0.25) is 5.15 Å². The van der Waals surface area contributed by atoms with Crippen molar-refractivity contribution in [1.29, 1.82) is 0 Å². The molecule has 2 heterocycles. The van der Waals surface area contributed by atoms with Gasteiger partial charge in [-0.2, -0.15) is 0 Å². The fourth-order valence-corrected chi connectivity index (χ4v) is 3.49. The number of anilines is 3. The molecule has 0 aliphatic carbocycles. The molecule has 1 atom stereocenters. The molecular weight excluding hydrogens is 366 g/mol. The molecule has 1 aromatic heterocycles.